The van der Waals surface area contributed by atoms with Crippen LogP contribution in [0.15, 0.2) is 64.7 Å². The van der Waals surface area contributed by atoms with Gasteiger partial charge in [-0.2, -0.15) is 0 Å². The first-order valence-corrected chi connectivity index (χ1v) is 10.3. The molecule has 3 aromatic rings. The summed E-state index contributed by atoms with van der Waals surface area (Å²) < 4.78 is 6.94. The minimum absolute atomic E-state index is 0.0997. The number of carbonyl (C=O) groups is 1. The van der Waals surface area contributed by atoms with Crippen LogP contribution in [-0.2, 0) is 4.79 Å². The van der Waals surface area contributed by atoms with Crippen LogP contribution in [0.25, 0.3) is 5.69 Å². The summed E-state index contributed by atoms with van der Waals surface area (Å²) in [6.45, 7) is 6.46. The Balaban J connectivity index is 1.69. The number of thioether (sulfide) groups is 1. The van der Waals surface area contributed by atoms with E-state index in [2.05, 4.69) is 10.3 Å². The van der Waals surface area contributed by atoms with Crippen molar-refractivity contribution >= 4 is 23.4 Å². The molecule has 0 atom stereocenters. The normalized spacial score (nSPS) is 10.6. The van der Waals surface area contributed by atoms with Crippen LogP contribution in [0.3, 0.4) is 0 Å². The number of rotatable bonds is 7. The van der Waals surface area contributed by atoms with Gasteiger partial charge < -0.3 is 10.1 Å². The van der Waals surface area contributed by atoms with Gasteiger partial charge in [-0.25, -0.2) is 4.98 Å². The molecule has 0 fully saturated rings. The van der Waals surface area contributed by atoms with Crippen LogP contribution in [-0.4, -0.2) is 27.8 Å². The molecule has 2 aromatic carbocycles. The lowest BCUT2D eigenvalue weighted by Crippen LogP contribution is -2.22. The Morgan fingerprint density at radius 1 is 1.14 bits per heavy atom. The quantitative estimate of drug-likeness (QED) is 0.598. The largest absolute Gasteiger partial charge is 0.494 e. The van der Waals surface area contributed by atoms with Crippen molar-refractivity contribution in [1.82, 2.24) is 9.55 Å². The average molecular weight is 410 g/mol. The lowest BCUT2D eigenvalue weighted by atomic mass is 10.1. The Kier molecular flexibility index (Phi) is 6.72. The van der Waals surface area contributed by atoms with Gasteiger partial charge in [-0.05, 0) is 68.3 Å². The molecule has 1 amide bonds. The van der Waals surface area contributed by atoms with Gasteiger partial charge in [0.15, 0.2) is 5.03 Å². The smallest absolute Gasteiger partial charge is 0.287 e. The highest BCUT2D eigenvalue weighted by Gasteiger charge is 2.11. The SMILES string of the molecule is CCOc1ccc(-n2ccnc(SCC(=O)Nc3cc(C)cc(C)c3)c2=O)cc1. The highest BCUT2D eigenvalue weighted by Crippen LogP contribution is 2.17. The second kappa shape index (κ2) is 9.43. The molecule has 150 valence electrons. The lowest BCUT2D eigenvalue weighted by molar-refractivity contribution is -0.113. The fraction of sp³-hybridized carbons (Fsp3) is 0.227. The second-order valence-corrected chi connectivity index (χ2v) is 7.51. The zero-order chi connectivity index (χ0) is 20.8. The van der Waals surface area contributed by atoms with E-state index < -0.39 is 0 Å². The molecule has 0 aliphatic rings. The first kappa shape index (κ1) is 20.7. The minimum Gasteiger partial charge on any atom is -0.494 e. The second-order valence-electron chi connectivity index (χ2n) is 6.55. The molecular weight excluding hydrogens is 386 g/mol. The first-order chi connectivity index (χ1) is 14.0. The van der Waals surface area contributed by atoms with Crippen molar-refractivity contribution < 1.29 is 9.53 Å². The fourth-order valence-electron chi connectivity index (χ4n) is 2.94. The Bertz CT molecular complexity index is 1040. The summed E-state index contributed by atoms with van der Waals surface area (Å²) >= 11 is 1.12. The van der Waals surface area contributed by atoms with Gasteiger partial charge >= 0.3 is 0 Å². The number of ether oxygens (including phenoxy) is 1. The fourth-order valence-corrected chi connectivity index (χ4v) is 3.64. The van der Waals surface area contributed by atoms with Gasteiger partial charge in [0.1, 0.15) is 5.75 Å². The van der Waals surface area contributed by atoms with Crippen molar-refractivity contribution in [2.75, 3.05) is 17.7 Å². The van der Waals surface area contributed by atoms with Crippen LogP contribution in [0.2, 0.25) is 0 Å². The van der Waals surface area contributed by atoms with Crippen molar-refractivity contribution in [2.24, 2.45) is 0 Å². The van der Waals surface area contributed by atoms with E-state index in [0.29, 0.717) is 12.3 Å². The molecule has 1 heterocycles. The van der Waals surface area contributed by atoms with Crippen molar-refractivity contribution in [2.45, 2.75) is 25.8 Å². The molecule has 0 unspecified atom stereocenters. The molecule has 7 heteroatoms. The van der Waals surface area contributed by atoms with E-state index >= 15 is 0 Å². The Labute approximate surface area is 173 Å². The van der Waals surface area contributed by atoms with E-state index in [9.17, 15) is 9.59 Å². The molecular formula is C22H23N3O3S. The maximum absolute atomic E-state index is 12.8. The maximum atomic E-state index is 12.8. The molecule has 0 aliphatic carbocycles. The monoisotopic (exact) mass is 409 g/mol. The third-order valence-corrected chi connectivity index (χ3v) is 5.04. The number of carbonyl (C=O) groups excluding carboxylic acids is 1. The van der Waals surface area contributed by atoms with E-state index in [1.165, 1.54) is 4.57 Å². The molecule has 0 saturated heterocycles. The summed E-state index contributed by atoms with van der Waals surface area (Å²) in [5.74, 6) is 0.663. The van der Waals surface area contributed by atoms with Crippen molar-refractivity contribution in [3.05, 3.63) is 76.3 Å². The number of nitrogens with one attached hydrogen (secondary N) is 1. The molecule has 6 nitrogen and oxygen atoms in total. The summed E-state index contributed by atoms with van der Waals surface area (Å²) in [5, 5.41) is 3.14. The minimum atomic E-state index is -0.263. The number of hydrogen-bond acceptors (Lipinski definition) is 5. The number of aryl methyl sites for hydroxylation is 2. The number of hydrogen-bond donors (Lipinski definition) is 1. The average Bonchev–Trinajstić information content (AvgIpc) is 2.67. The van der Waals surface area contributed by atoms with E-state index in [4.69, 9.17) is 4.74 Å². The summed E-state index contributed by atoms with van der Waals surface area (Å²) in [6, 6.07) is 13.1. The molecule has 0 saturated carbocycles. The third kappa shape index (κ3) is 5.48. The number of aromatic nitrogens is 2. The van der Waals surface area contributed by atoms with E-state index in [1.807, 2.05) is 63.2 Å². The summed E-state index contributed by atoms with van der Waals surface area (Å²) in [6.07, 6.45) is 3.17. The van der Waals surface area contributed by atoms with E-state index in [1.54, 1.807) is 12.4 Å². The van der Waals surface area contributed by atoms with Crippen molar-refractivity contribution in [3.8, 4) is 11.4 Å². The van der Waals surface area contributed by atoms with Crippen LogP contribution in [0.4, 0.5) is 5.69 Å². The zero-order valence-corrected chi connectivity index (χ0v) is 17.5. The standard InChI is InChI=1S/C22H23N3O3S/c1-4-28-19-7-5-18(6-8-19)25-10-9-23-21(22(25)27)29-14-20(26)24-17-12-15(2)11-16(3)13-17/h5-13H,4,14H2,1-3H3,(H,24,26). The van der Waals surface area contributed by atoms with Crippen LogP contribution in [0.5, 0.6) is 5.75 Å². The highest BCUT2D eigenvalue weighted by atomic mass is 32.2. The van der Waals surface area contributed by atoms with Gasteiger partial charge in [0.2, 0.25) is 5.91 Å². The molecule has 0 aliphatic heterocycles. The molecule has 0 bridgehead atoms. The Morgan fingerprint density at radius 2 is 1.83 bits per heavy atom. The maximum Gasteiger partial charge on any atom is 0.287 e. The summed E-state index contributed by atoms with van der Waals surface area (Å²) in [5.41, 5.74) is 3.36. The number of amides is 1. The number of anilines is 1. The van der Waals surface area contributed by atoms with Gasteiger partial charge in [0, 0.05) is 23.8 Å². The van der Waals surface area contributed by atoms with Crippen molar-refractivity contribution in [3.63, 3.8) is 0 Å². The van der Waals surface area contributed by atoms with Gasteiger partial charge in [0.05, 0.1) is 12.4 Å². The van der Waals surface area contributed by atoms with Crippen LogP contribution in [0.1, 0.15) is 18.1 Å². The van der Waals surface area contributed by atoms with Gasteiger partial charge in [-0.15, -0.1) is 0 Å². The number of nitrogens with zero attached hydrogens (tertiary/aromatic N) is 2. The molecule has 0 spiro atoms. The highest BCUT2D eigenvalue weighted by molar-refractivity contribution is 7.99. The van der Waals surface area contributed by atoms with E-state index in [-0.39, 0.29) is 22.2 Å². The van der Waals surface area contributed by atoms with Crippen LogP contribution in [0, 0.1) is 13.8 Å². The van der Waals surface area contributed by atoms with E-state index in [0.717, 1.165) is 34.3 Å². The molecule has 1 aromatic heterocycles. The molecule has 29 heavy (non-hydrogen) atoms. The van der Waals surface area contributed by atoms with Crippen LogP contribution < -0.4 is 15.6 Å². The predicted molar refractivity (Wildman–Crippen MR) is 116 cm³/mol. The molecule has 3 rings (SSSR count). The van der Waals surface area contributed by atoms with Gasteiger partial charge in [0.25, 0.3) is 5.56 Å². The summed E-state index contributed by atoms with van der Waals surface area (Å²) in [4.78, 5) is 29.2. The predicted octanol–water partition coefficient (Wildman–Crippen LogP) is 3.98. The first-order valence-electron chi connectivity index (χ1n) is 9.28. The topological polar surface area (TPSA) is 73.2 Å². The zero-order valence-electron chi connectivity index (χ0n) is 16.6. The molecule has 0 radical (unpaired) electrons. The van der Waals surface area contributed by atoms with Gasteiger partial charge in [-0.1, -0.05) is 17.8 Å². The Hall–Kier alpha value is -3.06. The van der Waals surface area contributed by atoms with Gasteiger partial charge in [-0.3, -0.25) is 14.2 Å². The summed E-state index contributed by atoms with van der Waals surface area (Å²) in [7, 11) is 0. The third-order valence-electron chi connectivity index (χ3n) is 4.08. The van der Waals surface area contributed by atoms with Crippen LogP contribution >= 0.6 is 11.8 Å². The molecule has 1 N–H and O–H groups in total. The van der Waals surface area contributed by atoms with Crippen molar-refractivity contribution in [1.29, 1.82) is 0 Å². The Morgan fingerprint density at radius 3 is 2.48 bits per heavy atom. The number of benzene rings is 2. The lowest BCUT2D eigenvalue weighted by Gasteiger charge is -2.09.